The largest absolute Gasteiger partial charge is 0.365 e. The van der Waals surface area contributed by atoms with Gasteiger partial charge in [0, 0.05) is 49.5 Å². The monoisotopic (exact) mass is 405 g/mol. The molecular formula is C23H24ClN5. The van der Waals surface area contributed by atoms with E-state index in [1.54, 1.807) is 18.6 Å². The molecule has 1 aromatic carbocycles. The number of aromatic nitrogens is 3. The van der Waals surface area contributed by atoms with Crippen molar-refractivity contribution in [3.05, 3.63) is 65.3 Å². The minimum atomic E-state index is 0.698. The Morgan fingerprint density at radius 1 is 0.931 bits per heavy atom. The molecule has 5 nitrogen and oxygen atoms in total. The van der Waals surface area contributed by atoms with Gasteiger partial charge in [0.15, 0.2) is 0 Å². The Morgan fingerprint density at radius 2 is 1.83 bits per heavy atom. The van der Waals surface area contributed by atoms with Crippen LogP contribution in [0.3, 0.4) is 0 Å². The van der Waals surface area contributed by atoms with E-state index in [0.29, 0.717) is 5.02 Å². The predicted octanol–water partition coefficient (Wildman–Crippen LogP) is 4.75. The molecule has 0 N–H and O–H groups in total. The number of rotatable bonds is 4. The summed E-state index contributed by atoms with van der Waals surface area (Å²) in [7, 11) is 0. The van der Waals surface area contributed by atoms with Crippen LogP contribution in [0, 0.1) is 0 Å². The average Bonchev–Trinajstić information content (AvgIpc) is 3.17. The molecule has 148 valence electrons. The van der Waals surface area contributed by atoms with Crippen LogP contribution in [-0.4, -0.2) is 34.6 Å². The predicted molar refractivity (Wildman–Crippen MR) is 118 cm³/mol. The summed E-state index contributed by atoms with van der Waals surface area (Å²) in [5, 5.41) is 0.698. The van der Waals surface area contributed by atoms with Crippen LogP contribution in [-0.2, 0) is 13.0 Å². The first-order chi connectivity index (χ1) is 14.3. The van der Waals surface area contributed by atoms with Crippen molar-refractivity contribution in [3.8, 4) is 11.1 Å². The van der Waals surface area contributed by atoms with E-state index in [9.17, 15) is 0 Å². The molecule has 1 fully saturated rings. The highest BCUT2D eigenvalue weighted by Gasteiger charge is 2.21. The van der Waals surface area contributed by atoms with Gasteiger partial charge in [-0.25, -0.2) is 4.98 Å². The van der Waals surface area contributed by atoms with Crippen molar-refractivity contribution in [2.75, 3.05) is 29.4 Å². The lowest BCUT2D eigenvalue weighted by Gasteiger charge is -2.28. The Morgan fingerprint density at radius 3 is 2.66 bits per heavy atom. The van der Waals surface area contributed by atoms with Gasteiger partial charge in [0.2, 0.25) is 0 Å². The first kappa shape index (κ1) is 18.4. The maximum atomic E-state index is 6.57. The smallest absolute Gasteiger partial charge is 0.129 e. The van der Waals surface area contributed by atoms with E-state index in [0.717, 1.165) is 55.2 Å². The molecule has 0 bridgehead atoms. The molecular weight excluding hydrogens is 382 g/mol. The molecule has 29 heavy (non-hydrogen) atoms. The SMILES string of the molecule is Clc1cnc(N2CCCCC2)cc1-c1ccc2c(c1)N(Cc1cnccn1)CC2. The van der Waals surface area contributed by atoms with E-state index in [2.05, 4.69) is 49.0 Å². The summed E-state index contributed by atoms with van der Waals surface area (Å²) in [6, 6.07) is 8.84. The molecule has 5 rings (SSSR count). The van der Waals surface area contributed by atoms with Crippen molar-refractivity contribution in [1.82, 2.24) is 15.0 Å². The van der Waals surface area contributed by atoms with Crippen molar-refractivity contribution in [2.24, 2.45) is 0 Å². The zero-order valence-corrected chi connectivity index (χ0v) is 17.1. The van der Waals surface area contributed by atoms with E-state index in [1.165, 1.54) is 30.5 Å². The summed E-state index contributed by atoms with van der Waals surface area (Å²) >= 11 is 6.57. The highest BCUT2D eigenvalue weighted by Crippen LogP contribution is 2.37. The van der Waals surface area contributed by atoms with Gasteiger partial charge >= 0.3 is 0 Å². The van der Waals surface area contributed by atoms with E-state index < -0.39 is 0 Å². The lowest BCUT2D eigenvalue weighted by molar-refractivity contribution is 0.573. The van der Waals surface area contributed by atoms with Crippen LogP contribution in [0.5, 0.6) is 0 Å². The van der Waals surface area contributed by atoms with Crippen molar-refractivity contribution in [1.29, 1.82) is 0 Å². The first-order valence-electron chi connectivity index (χ1n) is 10.3. The Hall–Kier alpha value is -2.66. The molecule has 3 aromatic rings. The number of anilines is 2. The average molecular weight is 406 g/mol. The van der Waals surface area contributed by atoms with Gasteiger partial charge in [-0.15, -0.1) is 0 Å². The Balaban J connectivity index is 1.46. The zero-order chi connectivity index (χ0) is 19.6. The fourth-order valence-electron chi connectivity index (χ4n) is 4.33. The molecule has 1 saturated heterocycles. The van der Waals surface area contributed by atoms with Gasteiger partial charge in [-0.05, 0) is 48.9 Å². The molecule has 6 heteroatoms. The Labute approximate surface area is 176 Å². The molecule has 0 saturated carbocycles. The number of benzene rings is 1. The van der Waals surface area contributed by atoms with Crippen LogP contribution < -0.4 is 9.80 Å². The van der Waals surface area contributed by atoms with Gasteiger partial charge in [0.05, 0.1) is 23.5 Å². The van der Waals surface area contributed by atoms with Crippen LogP contribution in [0.2, 0.25) is 5.02 Å². The second-order valence-electron chi connectivity index (χ2n) is 7.78. The maximum Gasteiger partial charge on any atom is 0.129 e. The van der Waals surface area contributed by atoms with Crippen molar-refractivity contribution < 1.29 is 0 Å². The second-order valence-corrected chi connectivity index (χ2v) is 8.19. The van der Waals surface area contributed by atoms with Crippen LogP contribution in [0.15, 0.2) is 49.1 Å². The van der Waals surface area contributed by atoms with Gasteiger partial charge in [0.1, 0.15) is 5.82 Å². The third kappa shape index (κ3) is 3.79. The molecule has 2 aliphatic rings. The van der Waals surface area contributed by atoms with Crippen molar-refractivity contribution in [3.63, 3.8) is 0 Å². The number of hydrogen-bond donors (Lipinski definition) is 0. The summed E-state index contributed by atoms with van der Waals surface area (Å²) in [6.45, 7) is 3.92. The minimum absolute atomic E-state index is 0.698. The van der Waals surface area contributed by atoms with Crippen LogP contribution >= 0.6 is 11.6 Å². The minimum Gasteiger partial charge on any atom is -0.365 e. The van der Waals surface area contributed by atoms with E-state index in [4.69, 9.17) is 11.6 Å². The molecule has 0 amide bonds. The van der Waals surface area contributed by atoms with Crippen LogP contribution in [0.1, 0.15) is 30.5 Å². The second kappa shape index (κ2) is 7.99. The van der Waals surface area contributed by atoms with Gasteiger partial charge in [-0.3, -0.25) is 9.97 Å². The fourth-order valence-corrected chi connectivity index (χ4v) is 4.54. The van der Waals surface area contributed by atoms with Crippen molar-refractivity contribution >= 4 is 23.1 Å². The highest BCUT2D eigenvalue weighted by atomic mass is 35.5. The molecule has 0 spiro atoms. The number of piperidine rings is 1. The standard InChI is InChI=1S/C23H24ClN5/c24-21-15-27-23(28-9-2-1-3-10-28)13-20(21)18-5-4-17-6-11-29(22(17)12-18)16-19-14-25-7-8-26-19/h4-5,7-8,12-15H,1-3,6,9-11,16H2. The van der Waals surface area contributed by atoms with Crippen molar-refractivity contribution in [2.45, 2.75) is 32.2 Å². The van der Waals surface area contributed by atoms with Gasteiger partial charge in [-0.2, -0.15) is 0 Å². The molecule has 4 heterocycles. The summed E-state index contributed by atoms with van der Waals surface area (Å²) in [5.41, 5.74) is 5.82. The third-order valence-corrected chi connectivity index (χ3v) is 6.18. The third-order valence-electron chi connectivity index (χ3n) is 5.88. The summed E-state index contributed by atoms with van der Waals surface area (Å²) in [4.78, 5) is 18.0. The molecule has 0 unspecified atom stereocenters. The Kier molecular flexibility index (Phi) is 5.06. The lowest BCUT2D eigenvalue weighted by Crippen LogP contribution is -2.30. The summed E-state index contributed by atoms with van der Waals surface area (Å²) in [5.74, 6) is 1.03. The fraction of sp³-hybridized carbons (Fsp3) is 0.348. The lowest BCUT2D eigenvalue weighted by atomic mass is 10.0. The maximum absolute atomic E-state index is 6.57. The number of pyridine rings is 1. The van der Waals surface area contributed by atoms with Gasteiger partial charge in [0.25, 0.3) is 0 Å². The Bertz CT molecular complexity index is 1000. The van der Waals surface area contributed by atoms with Gasteiger partial charge < -0.3 is 9.80 Å². The van der Waals surface area contributed by atoms with Crippen LogP contribution in [0.4, 0.5) is 11.5 Å². The van der Waals surface area contributed by atoms with E-state index >= 15 is 0 Å². The number of halogens is 1. The highest BCUT2D eigenvalue weighted by molar-refractivity contribution is 6.33. The number of fused-ring (bicyclic) bond motifs is 1. The number of nitrogens with zero attached hydrogens (tertiary/aromatic N) is 5. The quantitative estimate of drug-likeness (QED) is 0.627. The van der Waals surface area contributed by atoms with Gasteiger partial charge in [-0.1, -0.05) is 23.7 Å². The zero-order valence-electron chi connectivity index (χ0n) is 16.4. The molecule has 0 aliphatic carbocycles. The first-order valence-corrected chi connectivity index (χ1v) is 10.7. The summed E-state index contributed by atoms with van der Waals surface area (Å²) < 4.78 is 0. The normalized spacial score (nSPS) is 16.2. The topological polar surface area (TPSA) is 45.2 Å². The molecule has 0 radical (unpaired) electrons. The number of hydrogen-bond acceptors (Lipinski definition) is 5. The molecule has 0 atom stereocenters. The van der Waals surface area contributed by atoms with E-state index in [-0.39, 0.29) is 0 Å². The van der Waals surface area contributed by atoms with Crippen LogP contribution in [0.25, 0.3) is 11.1 Å². The summed E-state index contributed by atoms with van der Waals surface area (Å²) in [6.07, 6.45) is 11.9. The molecule has 2 aliphatic heterocycles. The van der Waals surface area contributed by atoms with E-state index in [1.807, 2.05) is 6.20 Å². The molecule has 2 aromatic heterocycles.